The van der Waals surface area contributed by atoms with Crippen molar-refractivity contribution in [3.8, 4) is 12.1 Å². The summed E-state index contributed by atoms with van der Waals surface area (Å²) < 4.78 is 15.1. The summed E-state index contributed by atoms with van der Waals surface area (Å²) in [6.45, 7) is 7.63. The number of hydrogen-bond acceptors (Lipinski definition) is 6. The molecule has 0 unspecified atom stereocenters. The van der Waals surface area contributed by atoms with Crippen molar-refractivity contribution < 1.29 is 9.18 Å². The first kappa shape index (κ1) is 23.0. The number of aryl methyl sites for hydroxylation is 1. The van der Waals surface area contributed by atoms with Crippen molar-refractivity contribution in [1.29, 1.82) is 10.5 Å². The number of nitriles is 2. The number of anilines is 1. The maximum Gasteiger partial charge on any atom is 0.235 e. The SMILES string of the molecule is Cc1nnc(SCC(=O)Nc2c(C#N)c(C)c(C)n2Cc2ccc(F)cc2)c(C#N)c1C. The van der Waals surface area contributed by atoms with Crippen molar-refractivity contribution in [2.75, 3.05) is 11.1 Å². The topological polar surface area (TPSA) is 107 Å². The summed E-state index contributed by atoms with van der Waals surface area (Å²) in [7, 11) is 0. The van der Waals surface area contributed by atoms with Gasteiger partial charge in [0.15, 0.2) is 0 Å². The zero-order valence-corrected chi connectivity index (χ0v) is 19.0. The van der Waals surface area contributed by atoms with Gasteiger partial charge in [0.1, 0.15) is 28.8 Å². The van der Waals surface area contributed by atoms with Crippen LogP contribution in [0, 0.1) is 56.2 Å². The van der Waals surface area contributed by atoms with Crippen LogP contribution in [0.1, 0.15) is 39.2 Å². The third-order valence-corrected chi connectivity index (χ3v) is 6.29. The molecular formula is C23H21FN6OS. The van der Waals surface area contributed by atoms with Crippen LogP contribution in [0.5, 0.6) is 0 Å². The minimum atomic E-state index is -0.340. The molecule has 0 saturated heterocycles. The van der Waals surface area contributed by atoms with Gasteiger partial charge in [0.25, 0.3) is 0 Å². The Labute approximate surface area is 189 Å². The Morgan fingerprint density at radius 2 is 1.72 bits per heavy atom. The summed E-state index contributed by atoms with van der Waals surface area (Å²) >= 11 is 1.12. The summed E-state index contributed by atoms with van der Waals surface area (Å²) in [5.41, 5.74) is 4.62. The van der Waals surface area contributed by atoms with E-state index in [4.69, 9.17) is 0 Å². The number of nitrogens with one attached hydrogen (secondary N) is 1. The molecule has 2 heterocycles. The Morgan fingerprint density at radius 3 is 2.34 bits per heavy atom. The van der Waals surface area contributed by atoms with E-state index in [2.05, 4.69) is 27.7 Å². The number of benzene rings is 1. The molecule has 162 valence electrons. The number of aromatic nitrogens is 3. The van der Waals surface area contributed by atoms with Crippen LogP contribution in [0.15, 0.2) is 29.3 Å². The van der Waals surface area contributed by atoms with Gasteiger partial charge in [-0.1, -0.05) is 23.9 Å². The first-order valence-electron chi connectivity index (χ1n) is 9.77. The van der Waals surface area contributed by atoms with Crippen molar-refractivity contribution in [2.45, 2.75) is 39.3 Å². The average Bonchev–Trinajstić information content (AvgIpc) is 2.99. The Morgan fingerprint density at radius 1 is 1.06 bits per heavy atom. The van der Waals surface area contributed by atoms with Crippen molar-refractivity contribution in [2.24, 2.45) is 0 Å². The quantitative estimate of drug-likeness (QED) is 0.567. The number of hydrogen-bond donors (Lipinski definition) is 1. The highest BCUT2D eigenvalue weighted by molar-refractivity contribution is 8.00. The Kier molecular flexibility index (Phi) is 6.92. The molecule has 3 rings (SSSR count). The normalized spacial score (nSPS) is 10.5. The van der Waals surface area contributed by atoms with Gasteiger partial charge in [0, 0.05) is 12.2 Å². The van der Waals surface area contributed by atoms with Crippen molar-refractivity contribution in [1.82, 2.24) is 14.8 Å². The van der Waals surface area contributed by atoms with Crippen LogP contribution >= 0.6 is 11.8 Å². The van der Waals surface area contributed by atoms with Gasteiger partial charge in [0.2, 0.25) is 5.91 Å². The molecule has 9 heteroatoms. The van der Waals surface area contributed by atoms with E-state index in [0.29, 0.717) is 34.2 Å². The number of halogens is 1. The van der Waals surface area contributed by atoms with Gasteiger partial charge < -0.3 is 9.88 Å². The van der Waals surface area contributed by atoms with Crippen LogP contribution in [0.25, 0.3) is 0 Å². The Balaban J connectivity index is 1.84. The lowest BCUT2D eigenvalue weighted by atomic mass is 10.1. The van der Waals surface area contributed by atoms with Gasteiger partial charge in [0.05, 0.1) is 22.6 Å². The molecule has 0 bridgehead atoms. The summed E-state index contributed by atoms with van der Waals surface area (Å²) in [5, 5.41) is 30.4. The second-order valence-corrected chi connectivity index (χ2v) is 8.26. The smallest absolute Gasteiger partial charge is 0.235 e. The van der Waals surface area contributed by atoms with Gasteiger partial charge in [-0.25, -0.2) is 4.39 Å². The van der Waals surface area contributed by atoms with Crippen LogP contribution in [0.2, 0.25) is 0 Å². The first-order valence-corrected chi connectivity index (χ1v) is 10.8. The third-order valence-electron chi connectivity index (χ3n) is 5.33. The molecule has 2 aromatic heterocycles. The second kappa shape index (κ2) is 9.63. The van der Waals surface area contributed by atoms with Crippen molar-refractivity contribution in [3.63, 3.8) is 0 Å². The van der Waals surface area contributed by atoms with Crippen LogP contribution in [0.3, 0.4) is 0 Å². The number of amides is 1. The van der Waals surface area contributed by atoms with Gasteiger partial charge in [-0.2, -0.15) is 15.6 Å². The highest BCUT2D eigenvalue weighted by Crippen LogP contribution is 2.28. The summed E-state index contributed by atoms with van der Waals surface area (Å²) in [6.07, 6.45) is 0. The lowest BCUT2D eigenvalue weighted by molar-refractivity contribution is -0.113. The number of carbonyl (C=O) groups is 1. The molecular weight excluding hydrogens is 427 g/mol. The van der Waals surface area contributed by atoms with Gasteiger partial charge >= 0.3 is 0 Å². The van der Waals surface area contributed by atoms with E-state index in [1.165, 1.54) is 12.1 Å². The predicted octanol–water partition coefficient (Wildman–Crippen LogP) is 4.17. The minimum absolute atomic E-state index is 0.00342. The van der Waals surface area contributed by atoms with E-state index in [-0.39, 0.29) is 17.5 Å². The number of nitrogens with zero attached hydrogens (tertiary/aromatic N) is 5. The number of carbonyl (C=O) groups excluding carboxylic acids is 1. The summed E-state index contributed by atoms with van der Waals surface area (Å²) in [4.78, 5) is 12.7. The molecule has 7 nitrogen and oxygen atoms in total. The second-order valence-electron chi connectivity index (χ2n) is 7.30. The highest BCUT2D eigenvalue weighted by atomic mass is 32.2. The first-order chi connectivity index (χ1) is 15.3. The molecule has 0 fully saturated rings. The van der Waals surface area contributed by atoms with Gasteiger partial charge in [-0.05, 0) is 56.5 Å². The van der Waals surface area contributed by atoms with E-state index in [1.54, 1.807) is 26.0 Å². The van der Waals surface area contributed by atoms with E-state index >= 15 is 0 Å². The lowest BCUT2D eigenvalue weighted by Gasteiger charge is -2.13. The molecule has 0 aliphatic carbocycles. The van der Waals surface area contributed by atoms with Gasteiger partial charge in [-0.3, -0.25) is 4.79 Å². The fraction of sp³-hybridized carbons (Fsp3) is 0.261. The molecule has 0 aliphatic rings. The van der Waals surface area contributed by atoms with Gasteiger partial charge in [-0.15, -0.1) is 5.10 Å². The van der Waals surface area contributed by atoms with Crippen molar-refractivity contribution in [3.05, 3.63) is 69.3 Å². The number of rotatable bonds is 6. The van der Waals surface area contributed by atoms with Crippen LogP contribution in [-0.4, -0.2) is 26.4 Å². The molecule has 1 amide bonds. The Bertz CT molecular complexity index is 1270. The fourth-order valence-electron chi connectivity index (χ4n) is 3.22. The highest BCUT2D eigenvalue weighted by Gasteiger charge is 2.20. The van der Waals surface area contributed by atoms with Crippen LogP contribution < -0.4 is 5.32 Å². The summed E-state index contributed by atoms with van der Waals surface area (Å²) in [6, 6.07) is 10.4. The molecule has 0 radical (unpaired) electrons. The van der Waals surface area contributed by atoms with E-state index in [9.17, 15) is 19.7 Å². The Hall–Kier alpha value is -3.69. The standard InChI is InChI=1S/C23H21FN6OS/c1-13-15(3)28-29-23(20(13)10-26)32-12-21(31)27-22-19(9-25)14(2)16(4)30(22)11-17-5-7-18(24)8-6-17/h5-8H,11-12H2,1-4H3,(H,27,31). The molecule has 1 N–H and O–H groups in total. The minimum Gasteiger partial charge on any atom is -0.326 e. The average molecular weight is 449 g/mol. The molecule has 1 aromatic carbocycles. The largest absolute Gasteiger partial charge is 0.326 e. The summed E-state index contributed by atoms with van der Waals surface area (Å²) in [5.74, 6) is -0.280. The molecule has 0 saturated carbocycles. The van der Waals surface area contributed by atoms with E-state index in [1.807, 2.05) is 18.4 Å². The predicted molar refractivity (Wildman–Crippen MR) is 120 cm³/mol. The maximum atomic E-state index is 13.3. The molecule has 0 spiro atoms. The third kappa shape index (κ3) is 4.63. The zero-order chi connectivity index (χ0) is 23.4. The van der Waals surface area contributed by atoms with Crippen molar-refractivity contribution >= 4 is 23.5 Å². The molecule has 0 atom stereocenters. The monoisotopic (exact) mass is 448 g/mol. The van der Waals surface area contributed by atoms with E-state index in [0.717, 1.165) is 34.1 Å². The zero-order valence-electron chi connectivity index (χ0n) is 18.2. The fourth-order valence-corrected chi connectivity index (χ4v) is 4.00. The molecule has 3 aromatic rings. The molecule has 0 aliphatic heterocycles. The van der Waals surface area contributed by atoms with Crippen LogP contribution in [0.4, 0.5) is 10.2 Å². The molecule has 32 heavy (non-hydrogen) atoms. The van der Waals surface area contributed by atoms with Crippen LogP contribution in [-0.2, 0) is 11.3 Å². The number of thioether (sulfide) groups is 1. The lowest BCUT2D eigenvalue weighted by Crippen LogP contribution is -2.19. The van der Waals surface area contributed by atoms with E-state index < -0.39 is 0 Å². The maximum absolute atomic E-state index is 13.3.